The summed E-state index contributed by atoms with van der Waals surface area (Å²) in [6, 6.07) is 0.0892. The van der Waals surface area contributed by atoms with Crippen molar-refractivity contribution in [3.8, 4) is 0 Å². The van der Waals surface area contributed by atoms with E-state index < -0.39 is 0 Å². The summed E-state index contributed by atoms with van der Waals surface area (Å²) in [5, 5.41) is 7.44. The summed E-state index contributed by atoms with van der Waals surface area (Å²) in [7, 11) is 1.96. The van der Waals surface area contributed by atoms with Gasteiger partial charge in [0.25, 0.3) is 0 Å². The molecule has 0 aliphatic heterocycles. The third-order valence-corrected chi connectivity index (χ3v) is 4.79. The van der Waals surface area contributed by atoms with Crippen LogP contribution in [0.25, 0.3) is 11.2 Å². The summed E-state index contributed by atoms with van der Waals surface area (Å²) in [5.41, 5.74) is 2.97. The summed E-state index contributed by atoms with van der Waals surface area (Å²) >= 11 is 8.00. The molecule has 0 radical (unpaired) electrons. The van der Waals surface area contributed by atoms with Crippen LogP contribution < -0.4 is 0 Å². The van der Waals surface area contributed by atoms with Crippen molar-refractivity contribution in [1.82, 2.24) is 24.3 Å². The Morgan fingerprint density at radius 1 is 1.38 bits per heavy atom. The third kappa shape index (κ3) is 2.26. The zero-order chi connectivity index (χ0) is 15.1. The lowest BCUT2D eigenvalue weighted by atomic mass is 10.3. The van der Waals surface area contributed by atoms with E-state index in [-0.39, 0.29) is 11.4 Å². The van der Waals surface area contributed by atoms with Crippen LogP contribution in [0.3, 0.4) is 0 Å². The molecule has 0 bridgehead atoms. The van der Waals surface area contributed by atoms with Crippen LogP contribution in [-0.4, -0.2) is 24.3 Å². The second kappa shape index (κ2) is 5.42. The van der Waals surface area contributed by atoms with E-state index in [1.807, 2.05) is 30.2 Å². The van der Waals surface area contributed by atoms with Crippen molar-refractivity contribution >= 4 is 34.1 Å². The molecule has 0 aliphatic rings. The number of aromatic nitrogens is 5. The second-order valence-corrected chi connectivity index (χ2v) is 6.68. The number of nitrogens with zero attached hydrogens (tertiary/aromatic N) is 5. The Hall–Kier alpha value is -1.40. The first-order valence-electron chi connectivity index (χ1n) is 7.01. The molecule has 3 aromatic rings. The van der Waals surface area contributed by atoms with Crippen molar-refractivity contribution in [1.29, 1.82) is 0 Å². The molecule has 0 saturated heterocycles. The first-order chi connectivity index (χ1) is 10.0. The average molecular weight is 324 g/mol. The molecule has 3 rings (SSSR count). The number of halogens is 1. The minimum absolute atomic E-state index is 0.0892. The van der Waals surface area contributed by atoms with Crippen LogP contribution in [0.15, 0.2) is 11.6 Å². The summed E-state index contributed by atoms with van der Waals surface area (Å²) in [5.74, 6) is 0.872. The number of imidazole rings is 1. The fraction of sp³-hybridized carbons (Fsp3) is 0.500. The van der Waals surface area contributed by atoms with Crippen LogP contribution in [0.5, 0.6) is 0 Å². The summed E-state index contributed by atoms with van der Waals surface area (Å²) < 4.78 is 4.06. The number of rotatable bonds is 4. The molecule has 0 N–H and O–H groups in total. The van der Waals surface area contributed by atoms with Gasteiger partial charge in [0, 0.05) is 18.6 Å². The second-order valence-electron chi connectivity index (χ2n) is 5.10. The van der Waals surface area contributed by atoms with Gasteiger partial charge in [-0.15, -0.1) is 22.9 Å². The van der Waals surface area contributed by atoms with Crippen molar-refractivity contribution < 1.29 is 0 Å². The lowest BCUT2D eigenvalue weighted by Gasteiger charge is -2.16. The topological polar surface area (TPSA) is 48.5 Å². The van der Waals surface area contributed by atoms with Crippen molar-refractivity contribution in [3.63, 3.8) is 0 Å². The van der Waals surface area contributed by atoms with Crippen LogP contribution in [0.4, 0.5) is 0 Å². The maximum atomic E-state index is 6.36. The van der Waals surface area contributed by atoms with E-state index in [1.54, 1.807) is 11.3 Å². The quantitative estimate of drug-likeness (QED) is 0.688. The van der Waals surface area contributed by atoms with E-state index in [0.29, 0.717) is 0 Å². The highest BCUT2D eigenvalue weighted by Gasteiger charge is 2.25. The summed E-state index contributed by atoms with van der Waals surface area (Å²) in [6.45, 7) is 6.17. The minimum atomic E-state index is -0.162. The molecule has 0 aliphatic carbocycles. The highest BCUT2D eigenvalue weighted by molar-refractivity contribution is 7.09. The minimum Gasteiger partial charge on any atom is -0.302 e. The van der Waals surface area contributed by atoms with Gasteiger partial charge in [-0.2, -0.15) is 5.10 Å². The van der Waals surface area contributed by atoms with Crippen LogP contribution in [0, 0.1) is 0 Å². The van der Waals surface area contributed by atoms with Gasteiger partial charge in [0.2, 0.25) is 0 Å². The molecule has 2 atom stereocenters. The largest absolute Gasteiger partial charge is 0.302 e. The number of aryl methyl sites for hydroxylation is 2. The molecule has 21 heavy (non-hydrogen) atoms. The molecule has 5 nitrogen and oxygen atoms in total. The zero-order valence-electron chi connectivity index (χ0n) is 12.5. The monoisotopic (exact) mass is 323 g/mol. The van der Waals surface area contributed by atoms with Crippen LogP contribution >= 0.6 is 22.9 Å². The number of hydrogen-bond donors (Lipinski definition) is 0. The van der Waals surface area contributed by atoms with E-state index in [4.69, 9.17) is 16.6 Å². The van der Waals surface area contributed by atoms with Gasteiger partial charge in [-0.25, -0.2) is 9.97 Å². The average Bonchev–Trinajstić information content (AvgIpc) is 3.14. The maximum absolute atomic E-state index is 6.36. The lowest BCUT2D eigenvalue weighted by Crippen LogP contribution is -2.13. The number of alkyl halides is 1. The van der Waals surface area contributed by atoms with Crippen molar-refractivity contribution in [3.05, 3.63) is 28.1 Å². The summed E-state index contributed by atoms with van der Waals surface area (Å²) in [6.07, 6.45) is 2.69. The fourth-order valence-corrected chi connectivity index (χ4v) is 3.51. The SMILES string of the molecule is CCc1nn(C)c2c1nc(C(C)Cl)n2C(C)c1nccs1. The van der Waals surface area contributed by atoms with Gasteiger partial charge in [-0.05, 0) is 20.3 Å². The van der Waals surface area contributed by atoms with Gasteiger partial charge in [-0.1, -0.05) is 6.92 Å². The molecule has 3 heterocycles. The molecule has 2 unspecified atom stereocenters. The van der Waals surface area contributed by atoms with E-state index in [0.717, 1.165) is 34.1 Å². The highest BCUT2D eigenvalue weighted by Crippen LogP contribution is 2.32. The first-order valence-corrected chi connectivity index (χ1v) is 8.33. The van der Waals surface area contributed by atoms with Gasteiger partial charge in [0.1, 0.15) is 16.3 Å². The molecule has 0 fully saturated rings. The van der Waals surface area contributed by atoms with Crippen LogP contribution in [-0.2, 0) is 13.5 Å². The number of hydrogen-bond acceptors (Lipinski definition) is 4. The molecule has 0 amide bonds. The maximum Gasteiger partial charge on any atom is 0.159 e. The van der Waals surface area contributed by atoms with Crippen molar-refractivity contribution in [2.75, 3.05) is 0 Å². The molecular formula is C14H18ClN5S. The van der Waals surface area contributed by atoms with Crippen molar-refractivity contribution in [2.24, 2.45) is 7.05 Å². The smallest absolute Gasteiger partial charge is 0.159 e. The van der Waals surface area contributed by atoms with Crippen LogP contribution in [0.2, 0.25) is 0 Å². The Morgan fingerprint density at radius 2 is 2.14 bits per heavy atom. The van der Waals surface area contributed by atoms with Crippen molar-refractivity contribution in [2.45, 2.75) is 38.6 Å². The van der Waals surface area contributed by atoms with Gasteiger partial charge in [0.05, 0.1) is 17.1 Å². The predicted octanol–water partition coefficient (Wildman–Crippen LogP) is 3.70. The molecule has 0 saturated carbocycles. The first kappa shape index (κ1) is 14.5. The normalized spacial score (nSPS) is 14.7. The predicted molar refractivity (Wildman–Crippen MR) is 86.1 cm³/mol. The van der Waals surface area contributed by atoms with E-state index in [2.05, 4.69) is 28.5 Å². The molecule has 112 valence electrons. The zero-order valence-corrected chi connectivity index (χ0v) is 14.1. The standard InChI is InChI=1S/C14H18ClN5S/c1-5-10-11-14(19(4)18-10)20(12(17-11)8(2)15)9(3)13-16-6-7-21-13/h6-9H,5H2,1-4H3. The van der Waals surface area contributed by atoms with E-state index >= 15 is 0 Å². The lowest BCUT2D eigenvalue weighted by molar-refractivity contribution is 0.591. The number of fused-ring (bicyclic) bond motifs is 1. The van der Waals surface area contributed by atoms with Gasteiger partial charge in [0.15, 0.2) is 5.65 Å². The fourth-order valence-electron chi connectivity index (χ4n) is 2.67. The number of thiazole rings is 1. The molecular weight excluding hydrogens is 306 g/mol. The summed E-state index contributed by atoms with van der Waals surface area (Å²) in [4.78, 5) is 9.19. The Balaban J connectivity index is 2.28. The van der Waals surface area contributed by atoms with Gasteiger partial charge >= 0.3 is 0 Å². The van der Waals surface area contributed by atoms with Gasteiger partial charge in [-0.3, -0.25) is 4.68 Å². The molecule has 3 aromatic heterocycles. The Morgan fingerprint density at radius 3 is 2.71 bits per heavy atom. The van der Waals surface area contributed by atoms with Crippen LogP contribution in [0.1, 0.15) is 48.7 Å². The van der Waals surface area contributed by atoms with Gasteiger partial charge < -0.3 is 4.57 Å². The Bertz CT molecular complexity index is 756. The molecule has 0 aromatic carbocycles. The van der Waals surface area contributed by atoms with E-state index in [1.165, 1.54) is 0 Å². The Kier molecular flexibility index (Phi) is 3.75. The van der Waals surface area contributed by atoms with E-state index in [9.17, 15) is 0 Å². The highest BCUT2D eigenvalue weighted by atomic mass is 35.5. The third-order valence-electron chi connectivity index (χ3n) is 3.65. The Labute approximate surface area is 132 Å². The molecule has 7 heteroatoms. The molecule has 0 spiro atoms.